The van der Waals surface area contributed by atoms with Crippen molar-refractivity contribution in [3.05, 3.63) is 16.0 Å². The van der Waals surface area contributed by atoms with Gasteiger partial charge in [0.25, 0.3) is 0 Å². The Morgan fingerprint density at radius 1 is 1.47 bits per heavy atom. The Morgan fingerprint density at radius 2 is 2.13 bits per heavy atom. The van der Waals surface area contributed by atoms with Gasteiger partial charge < -0.3 is 4.90 Å². The third-order valence-corrected chi connectivity index (χ3v) is 3.33. The molecule has 1 heterocycles. The summed E-state index contributed by atoms with van der Waals surface area (Å²) in [5.41, 5.74) is 0. The van der Waals surface area contributed by atoms with E-state index in [1.54, 1.807) is 0 Å². The van der Waals surface area contributed by atoms with Gasteiger partial charge in [0.2, 0.25) is 0 Å². The highest BCUT2D eigenvalue weighted by Crippen LogP contribution is 2.30. The molecule has 15 heavy (non-hydrogen) atoms. The minimum absolute atomic E-state index is 0.396. The Hall–Kier alpha value is -0.350. The summed E-state index contributed by atoms with van der Waals surface area (Å²) in [5, 5.41) is 0.460. The molecule has 0 aromatic carbocycles. The van der Waals surface area contributed by atoms with Crippen molar-refractivity contribution < 1.29 is 0 Å². The molecule has 0 bridgehead atoms. The van der Waals surface area contributed by atoms with E-state index in [1.807, 2.05) is 0 Å². The minimum Gasteiger partial charge on any atom is -0.353 e. The van der Waals surface area contributed by atoms with Crippen LogP contribution in [0.5, 0.6) is 0 Å². The normalized spacial score (nSPS) is 10.8. The second kappa shape index (κ2) is 5.66. The van der Waals surface area contributed by atoms with Gasteiger partial charge in [-0.15, -0.1) is 0 Å². The van der Waals surface area contributed by atoms with Crippen molar-refractivity contribution in [1.82, 2.24) is 9.97 Å². The van der Waals surface area contributed by atoms with Crippen LogP contribution in [0.25, 0.3) is 0 Å². The first-order chi connectivity index (χ1) is 7.07. The monoisotopic (exact) mass is 291 g/mol. The summed E-state index contributed by atoms with van der Waals surface area (Å²) in [6.07, 6.45) is 2.57. The first-order valence-corrected chi connectivity index (χ1v) is 6.17. The summed E-state index contributed by atoms with van der Waals surface area (Å²) in [6.45, 7) is 7.38. The average molecular weight is 293 g/mol. The van der Waals surface area contributed by atoms with Crippen molar-refractivity contribution in [1.29, 1.82) is 0 Å². The molecular formula is C10H15BrClN3. The smallest absolute Gasteiger partial charge is 0.148 e. The number of anilines is 1. The van der Waals surface area contributed by atoms with Crippen molar-refractivity contribution in [3.63, 3.8) is 0 Å². The fourth-order valence-electron chi connectivity index (χ4n) is 1.39. The highest BCUT2D eigenvalue weighted by atomic mass is 79.9. The van der Waals surface area contributed by atoms with E-state index in [2.05, 4.69) is 51.6 Å². The molecule has 0 saturated heterocycles. The Labute approximate surface area is 104 Å². The molecule has 1 aromatic heterocycles. The maximum absolute atomic E-state index is 5.94. The maximum Gasteiger partial charge on any atom is 0.148 e. The Balaban J connectivity index is 3.05. The predicted molar refractivity (Wildman–Crippen MR) is 67.5 cm³/mol. The van der Waals surface area contributed by atoms with Crippen LogP contribution in [0.4, 0.5) is 5.82 Å². The topological polar surface area (TPSA) is 29.0 Å². The summed E-state index contributed by atoms with van der Waals surface area (Å²) < 4.78 is 0.772. The van der Waals surface area contributed by atoms with Crippen molar-refractivity contribution in [2.75, 3.05) is 11.4 Å². The van der Waals surface area contributed by atoms with Crippen molar-refractivity contribution in [2.45, 2.75) is 33.2 Å². The lowest BCUT2D eigenvalue weighted by Crippen LogP contribution is -2.32. The van der Waals surface area contributed by atoms with Gasteiger partial charge in [-0.3, -0.25) is 0 Å². The van der Waals surface area contributed by atoms with E-state index < -0.39 is 0 Å². The average Bonchev–Trinajstić information content (AvgIpc) is 2.19. The molecule has 0 spiro atoms. The van der Waals surface area contributed by atoms with Gasteiger partial charge >= 0.3 is 0 Å². The third-order valence-electron chi connectivity index (χ3n) is 2.09. The summed E-state index contributed by atoms with van der Waals surface area (Å²) in [7, 11) is 0. The SMILES string of the molecule is CCCN(c1ncnc(Cl)c1Br)C(C)C. The summed E-state index contributed by atoms with van der Waals surface area (Å²) in [4.78, 5) is 10.4. The molecule has 0 radical (unpaired) electrons. The third kappa shape index (κ3) is 3.05. The van der Waals surface area contributed by atoms with Gasteiger partial charge in [-0.25, -0.2) is 9.97 Å². The van der Waals surface area contributed by atoms with Crippen LogP contribution in [0.2, 0.25) is 5.15 Å². The predicted octanol–water partition coefficient (Wildman–Crippen LogP) is 3.52. The number of halogens is 2. The van der Waals surface area contributed by atoms with E-state index in [4.69, 9.17) is 11.6 Å². The fraction of sp³-hybridized carbons (Fsp3) is 0.600. The first-order valence-electron chi connectivity index (χ1n) is 5.00. The Morgan fingerprint density at radius 3 is 2.67 bits per heavy atom. The van der Waals surface area contributed by atoms with E-state index in [0.29, 0.717) is 11.2 Å². The highest BCUT2D eigenvalue weighted by Gasteiger charge is 2.16. The molecule has 0 N–H and O–H groups in total. The van der Waals surface area contributed by atoms with E-state index in [9.17, 15) is 0 Å². The number of hydrogen-bond donors (Lipinski definition) is 0. The second-order valence-electron chi connectivity index (χ2n) is 3.59. The maximum atomic E-state index is 5.94. The Bertz CT molecular complexity index is 330. The molecule has 5 heteroatoms. The molecule has 0 fully saturated rings. The van der Waals surface area contributed by atoms with Crippen molar-refractivity contribution in [3.8, 4) is 0 Å². The van der Waals surface area contributed by atoms with Crippen LogP contribution in [0.1, 0.15) is 27.2 Å². The summed E-state index contributed by atoms with van der Waals surface area (Å²) >= 11 is 9.36. The van der Waals surface area contributed by atoms with Gasteiger partial charge in [0.15, 0.2) is 0 Å². The lowest BCUT2D eigenvalue weighted by molar-refractivity contribution is 0.659. The standard InChI is InChI=1S/C10H15BrClN3/c1-4-5-15(7(2)3)10-8(11)9(12)13-6-14-10/h6-7H,4-5H2,1-3H3. The van der Waals surface area contributed by atoms with Crippen LogP contribution in [-0.2, 0) is 0 Å². The van der Waals surface area contributed by atoms with Gasteiger partial charge in [-0.05, 0) is 36.2 Å². The van der Waals surface area contributed by atoms with Gasteiger partial charge in [0, 0.05) is 12.6 Å². The van der Waals surface area contributed by atoms with Crippen LogP contribution < -0.4 is 4.90 Å². The molecule has 84 valence electrons. The molecule has 0 atom stereocenters. The zero-order valence-corrected chi connectivity index (χ0v) is 11.5. The number of nitrogens with zero attached hydrogens (tertiary/aromatic N) is 3. The fourth-order valence-corrected chi connectivity index (χ4v) is 1.95. The van der Waals surface area contributed by atoms with Crippen LogP contribution in [0.15, 0.2) is 10.8 Å². The first kappa shape index (κ1) is 12.7. The minimum atomic E-state index is 0.396. The van der Waals surface area contributed by atoms with Gasteiger partial charge in [-0.1, -0.05) is 18.5 Å². The molecule has 1 rings (SSSR count). The van der Waals surface area contributed by atoms with Gasteiger partial charge in [-0.2, -0.15) is 0 Å². The van der Waals surface area contributed by atoms with E-state index in [1.165, 1.54) is 6.33 Å². The summed E-state index contributed by atoms with van der Waals surface area (Å²) in [6, 6.07) is 0.396. The van der Waals surface area contributed by atoms with Crippen LogP contribution >= 0.6 is 27.5 Å². The van der Waals surface area contributed by atoms with Crippen LogP contribution in [0.3, 0.4) is 0 Å². The van der Waals surface area contributed by atoms with Crippen molar-refractivity contribution >= 4 is 33.3 Å². The number of hydrogen-bond acceptors (Lipinski definition) is 3. The quantitative estimate of drug-likeness (QED) is 0.795. The molecule has 0 amide bonds. The van der Waals surface area contributed by atoms with Gasteiger partial charge in [0.05, 0.1) is 4.47 Å². The van der Waals surface area contributed by atoms with E-state index in [-0.39, 0.29) is 0 Å². The zero-order chi connectivity index (χ0) is 11.4. The molecule has 0 aliphatic carbocycles. The molecule has 0 saturated carbocycles. The second-order valence-corrected chi connectivity index (χ2v) is 4.74. The van der Waals surface area contributed by atoms with Crippen LogP contribution in [0, 0.1) is 0 Å². The molecule has 0 unspecified atom stereocenters. The molecule has 1 aromatic rings. The summed E-state index contributed by atoms with van der Waals surface area (Å²) in [5.74, 6) is 0.867. The van der Waals surface area contributed by atoms with E-state index >= 15 is 0 Å². The number of aromatic nitrogens is 2. The Kier molecular flexibility index (Phi) is 4.80. The van der Waals surface area contributed by atoms with Gasteiger partial charge in [0.1, 0.15) is 17.3 Å². The molecular weight excluding hydrogens is 277 g/mol. The zero-order valence-electron chi connectivity index (χ0n) is 9.17. The lowest BCUT2D eigenvalue weighted by Gasteiger charge is -2.28. The van der Waals surface area contributed by atoms with Crippen LogP contribution in [-0.4, -0.2) is 22.6 Å². The van der Waals surface area contributed by atoms with Crippen molar-refractivity contribution in [2.24, 2.45) is 0 Å². The number of rotatable bonds is 4. The lowest BCUT2D eigenvalue weighted by atomic mass is 10.3. The van der Waals surface area contributed by atoms with E-state index in [0.717, 1.165) is 23.3 Å². The highest BCUT2D eigenvalue weighted by molar-refractivity contribution is 9.10. The molecule has 0 aliphatic heterocycles. The molecule has 3 nitrogen and oxygen atoms in total. The largest absolute Gasteiger partial charge is 0.353 e. The molecule has 0 aliphatic rings.